The van der Waals surface area contributed by atoms with Gasteiger partial charge in [0.05, 0.1) is 12.1 Å². The summed E-state index contributed by atoms with van der Waals surface area (Å²) in [7, 11) is 4.04. The molecule has 0 bridgehead atoms. The molecule has 0 fully saturated rings. The molecule has 0 unspecified atom stereocenters. The van der Waals surface area contributed by atoms with Gasteiger partial charge in [0.15, 0.2) is 0 Å². The van der Waals surface area contributed by atoms with E-state index in [1.165, 1.54) is 22.3 Å². The Morgan fingerprint density at radius 1 is 0.700 bits per heavy atom. The monoisotopic (exact) mass is 268 g/mol. The fourth-order valence-electron chi connectivity index (χ4n) is 2.78. The first-order valence-electron chi connectivity index (χ1n) is 7.13. The van der Waals surface area contributed by atoms with E-state index >= 15 is 0 Å². The van der Waals surface area contributed by atoms with Crippen molar-refractivity contribution < 1.29 is 0 Å². The number of hydrogen-bond donors (Lipinski definition) is 2. The van der Waals surface area contributed by atoms with Gasteiger partial charge in [0.25, 0.3) is 0 Å². The quantitative estimate of drug-likeness (QED) is 0.867. The van der Waals surface area contributed by atoms with Gasteiger partial charge in [-0.3, -0.25) is 0 Å². The molecule has 2 rings (SSSR count). The maximum Gasteiger partial charge on any atom is 0.0515 e. The van der Waals surface area contributed by atoms with Crippen molar-refractivity contribution in [1.82, 2.24) is 10.6 Å². The normalized spacial score (nSPS) is 14.0. The van der Waals surface area contributed by atoms with Crippen LogP contribution in [-0.2, 0) is 0 Å². The topological polar surface area (TPSA) is 24.1 Å². The number of aryl methyl sites for hydroxylation is 2. The Kier molecular flexibility index (Phi) is 4.94. The minimum atomic E-state index is 0.252. The predicted octanol–water partition coefficient (Wildman–Crippen LogP) is 3.52. The molecule has 0 heterocycles. The molecule has 20 heavy (non-hydrogen) atoms. The van der Waals surface area contributed by atoms with Crippen LogP contribution in [0, 0.1) is 13.8 Å². The summed E-state index contributed by atoms with van der Waals surface area (Å²) < 4.78 is 0. The highest BCUT2D eigenvalue weighted by Gasteiger charge is 2.22. The first kappa shape index (κ1) is 14.8. The van der Waals surface area contributed by atoms with E-state index in [2.05, 4.69) is 73.0 Å². The second kappa shape index (κ2) is 6.69. The zero-order chi connectivity index (χ0) is 14.5. The highest BCUT2D eigenvalue weighted by atomic mass is 15.0. The van der Waals surface area contributed by atoms with Crippen LogP contribution in [0.4, 0.5) is 0 Å². The van der Waals surface area contributed by atoms with E-state index in [-0.39, 0.29) is 12.1 Å². The van der Waals surface area contributed by atoms with Crippen molar-refractivity contribution in [3.63, 3.8) is 0 Å². The van der Waals surface area contributed by atoms with Gasteiger partial charge in [-0.1, -0.05) is 59.7 Å². The second-order valence-electron chi connectivity index (χ2n) is 5.36. The van der Waals surface area contributed by atoms with Gasteiger partial charge in [-0.2, -0.15) is 0 Å². The summed E-state index contributed by atoms with van der Waals surface area (Å²) >= 11 is 0. The van der Waals surface area contributed by atoms with Crippen molar-refractivity contribution in [3.8, 4) is 0 Å². The van der Waals surface area contributed by atoms with Crippen LogP contribution in [0.5, 0.6) is 0 Å². The van der Waals surface area contributed by atoms with Crippen molar-refractivity contribution in [3.05, 3.63) is 70.8 Å². The number of nitrogens with one attached hydrogen (secondary N) is 2. The van der Waals surface area contributed by atoms with Crippen LogP contribution in [0.1, 0.15) is 34.3 Å². The Morgan fingerprint density at radius 2 is 1.10 bits per heavy atom. The van der Waals surface area contributed by atoms with Gasteiger partial charge in [-0.15, -0.1) is 0 Å². The SMILES string of the molecule is CN[C@H](c1cccc(C)c1)[C@H](NC)c1cccc(C)c1. The minimum absolute atomic E-state index is 0.252. The Balaban J connectivity index is 2.37. The smallest absolute Gasteiger partial charge is 0.0515 e. The minimum Gasteiger partial charge on any atom is -0.311 e. The zero-order valence-electron chi connectivity index (χ0n) is 12.8. The maximum atomic E-state index is 3.45. The highest BCUT2D eigenvalue weighted by Crippen LogP contribution is 2.29. The van der Waals surface area contributed by atoms with E-state index < -0.39 is 0 Å². The fourth-order valence-corrected chi connectivity index (χ4v) is 2.78. The van der Waals surface area contributed by atoms with Gasteiger partial charge in [0.1, 0.15) is 0 Å². The summed E-state index contributed by atoms with van der Waals surface area (Å²) in [5.41, 5.74) is 5.21. The van der Waals surface area contributed by atoms with Crippen LogP contribution >= 0.6 is 0 Å². The molecule has 0 spiro atoms. The summed E-state index contributed by atoms with van der Waals surface area (Å²) in [6, 6.07) is 17.9. The molecule has 0 aliphatic carbocycles. The number of rotatable bonds is 5. The number of hydrogen-bond acceptors (Lipinski definition) is 2. The standard InChI is InChI=1S/C18H24N2/c1-13-7-5-9-15(11-13)17(19-3)18(20-4)16-10-6-8-14(2)12-16/h5-12,17-20H,1-4H3/t17-,18-/m1/s1. The summed E-state index contributed by atoms with van der Waals surface area (Å²) in [5.74, 6) is 0. The van der Waals surface area contributed by atoms with Crippen LogP contribution in [0.15, 0.2) is 48.5 Å². The van der Waals surface area contributed by atoms with Crippen LogP contribution < -0.4 is 10.6 Å². The maximum absolute atomic E-state index is 3.45. The van der Waals surface area contributed by atoms with E-state index in [9.17, 15) is 0 Å². The Bertz CT molecular complexity index is 511. The van der Waals surface area contributed by atoms with Gasteiger partial charge in [0.2, 0.25) is 0 Å². The van der Waals surface area contributed by atoms with Crippen LogP contribution in [0.2, 0.25) is 0 Å². The molecule has 0 radical (unpaired) electrons. The number of likely N-dealkylation sites (N-methyl/N-ethyl adjacent to an activating group) is 2. The predicted molar refractivity (Wildman–Crippen MR) is 86.0 cm³/mol. The van der Waals surface area contributed by atoms with Crippen molar-refractivity contribution in [1.29, 1.82) is 0 Å². The highest BCUT2D eigenvalue weighted by molar-refractivity contribution is 5.32. The molecule has 2 aromatic rings. The third-order valence-corrected chi connectivity index (χ3v) is 3.76. The van der Waals surface area contributed by atoms with Gasteiger partial charge in [-0.25, -0.2) is 0 Å². The van der Waals surface area contributed by atoms with Crippen molar-refractivity contribution in [2.24, 2.45) is 0 Å². The summed E-state index contributed by atoms with van der Waals surface area (Å²) in [6.45, 7) is 4.27. The van der Waals surface area contributed by atoms with Gasteiger partial charge >= 0.3 is 0 Å². The number of benzene rings is 2. The van der Waals surface area contributed by atoms with Gasteiger partial charge in [0, 0.05) is 0 Å². The third kappa shape index (κ3) is 3.27. The lowest BCUT2D eigenvalue weighted by atomic mass is 9.92. The lowest BCUT2D eigenvalue weighted by Gasteiger charge is -2.28. The summed E-state index contributed by atoms with van der Waals surface area (Å²) in [4.78, 5) is 0. The van der Waals surface area contributed by atoms with Crippen LogP contribution in [-0.4, -0.2) is 14.1 Å². The molecular weight excluding hydrogens is 244 g/mol. The molecule has 2 N–H and O–H groups in total. The third-order valence-electron chi connectivity index (χ3n) is 3.76. The molecule has 0 saturated carbocycles. The van der Waals surface area contributed by atoms with Crippen molar-refractivity contribution in [2.75, 3.05) is 14.1 Å². The summed E-state index contributed by atoms with van der Waals surface area (Å²) in [5, 5.41) is 6.90. The van der Waals surface area contributed by atoms with Gasteiger partial charge in [-0.05, 0) is 39.1 Å². The Hall–Kier alpha value is -1.64. The van der Waals surface area contributed by atoms with E-state index in [1.807, 2.05) is 14.1 Å². The van der Waals surface area contributed by atoms with Crippen LogP contribution in [0.25, 0.3) is 0 Å². The van der Waals surface area contributed by atoms with E-state index in [1.54, 1.807) is 0 Å². The van der Waals surface area contributed by atoms with Crippen molar-refractivity contribution in [2.45, 2.75) is 25.9 Å². The Morgan fingerprint density at radius 3 is 1.40 bits per heavy atom. The lowest BCUT2D eigenvalue weighted by molar-refractivity contribution is 0.432. The van der Waals surface area contributed by atoms with E-state index in [4.69, 9.17) is 0 Å². The molecule has 0 saturated heterocycles. The lowest BCUT2D eigenvalue weighted by Crippen LogP contribution is -2.31. The van der Waals surface area contributed by atoms with Gasteiger partial charge < -0.3 is 10.6 Å². The van der Waals surface area contributed by atoms with E-state index in [0.717, 1.165) is 0 Å². The largest absolute Gasteiger partial charge is 0.311 e. The second-order valence-corrected chi connectivity index (χ2v) is 5.36. The average Bonchev–Trinajstić information content (AvgIpc) is 2.44. The Labute approximate surface area is 122 Å². The molecule has 2 atom stereocenters. The van der Waals surface area contributed by atoms with E-state index in [0.29, 0.717) is 0 Å². The molecule has 2 heteroatoms. The molecule has 2 aromatic carbocycles. The van der Waals surface area contributed by atoms with Crippen LogP contribution in [0.3, 0.4) is 0 Å². The van der Waals surface area contributed by atoms with Crippen molar-refractivity contribution >= 4 is 0 Å². The molecule has 106 valence electrons. The molecule has 0 aliphatic rings. The first-order chi connectivity index (χ1) is 9.65. The molecule has 0 amide bonds. The zero-order valence-corrected chi connectivity index (χ0v) is 12.8. The molecular formula is C18H24N2. The molecule has 2 nitrogen and oxygen atoms in total. The average molecular weight is 268 g/mol. The molecule has 0 aliphatic heterocycles. The first-order valence-corrected chi connectivity index (χ1v) is 7.13. The summed E-state index contributed by atoms with van der Waals surface area (Å²) in [6.07, 6.45) is 0. The molecule has 0 aromatic heterocycles. The fraction of sp³-hybridized carbons (Fsp3) is 0.333.